The van der Waals surface area contributed by atoms with Crippen molar-refractivity contribution in [2.45, 2.75) is 85.4 Å². The maximum Gasteiger partial charge on any atom is 0.303 e. The molecular weight excluding hydrogens is 312 g/mol. The van der Waals surface area contributed by atoms with Crippen LogP contribution >= 0.6 is 0 Å². The summed E-state index contributed by atoms with van der Waals surface area (Å²) < 4.78 is 5.49. The number of allylic oxidation sites excluding steroid dienone is 3. The number of carbonyl (C=O) groups is 1. The van der Waals surface area contributed by atoms with Gasteiger partial charge in [-0.3, -0.25) is 4.79 Å². The quantitative estimate of drug-likeness (QED) is 0.540. The van der Waals surface area contributed by atoms with Gasteiger partial charge in [-0.05, 0) is 64.4 Å². The molecule has 0 amide bonds. The molecule has 1 aliphatic rings. The molecule has 0 aliphatic heterocycles. The van der Waals surface area contributed by atoms with E-state index in [4.69, 9.17) is 4.74 Å². The molecule has 0 radical (unpaired) electrons. The summed E-state index contributed by atoms with van der Waals surface area (Å²) in [6.07, 6.45) is 12.4. The lowest BCUT2D eigenvalue weighted by Crippen LogP contribution is -2.21. The summed E-state index contributed by atoms with van der Waals surface area (Å²) in [5.74, 6) is 0.718. The molecule has 142 valence electrons. The first kappa shape index (κ1) is 21.7. The van der Waals surface area contributed by atoms with Crippen molar-refractivity contribution >= 4 is 5.97 Å². The van der Waals surface area contributed by atoms with Gasteiger partial charge in [-0.25, -0.2) is 0 Å². The van der Waals surface area contributed by atoms with Gasteiger partial charge in [-0.2, -0.15) is 0 Å². The molecule has 0 bridgehead atoms. The van der Waals surface area contributed by atoms with Crippen molar-refractivity contribution in [2.75, 3.05) is 0 Å². The number of rotatable bonds is 2. The monoisotopic (exact) mass is 348 g/mol. The van der Waals surface area contributed by atoms with Crippen LogP contribution in [-0.2, 0) is 9.53 Å². The van der Waals surface area contributed by atoms with E-state index in [1.807, 2.05) is 13.0 Å². The molecule has 0 spiro atoms. The fourth-order valence-corrected chi connectivity index (χ4v) is 3.22. The molecule has 0 saturated heterocycles. The summed E-state index contributed by atoms with van der Waals surface area (Å²) in [4.78, 5) is 11.4. The second kappa shape index (κ2) is 9.96. The topological polar surface area (TPSA) is 46.5 Å². The van der Waals surface area contributed by atoms with Crippen LogP contribution in [-0.4, -0.2) is 22.8 Å². The first-order valence-corrected chi connectivity index (χ1v) is 9.51. The smallest absolute Gasteiger partial charge is 0.303 e. The summed E-state index contributed by atoms with van der Waals surface area (Å²) in [5, 5.41) is 10.6. The SMILES string of the molecule is CC(=O)O[C@H]1/C=C(\C)CC[C@@H](C(C)C)/C=C\[C@](C)(O)CC/C=C(\C)C1. The lowest BCUT2D eigenvalue weighted by Gasteiger charge is -2.23. The molecule has 0 aromatic rings. The number of ether oxygens (including phenoxy) is 1. The second-order valence-corrected chi connectivity index (χ2v) is 8.12. The first-order chi connectivity index (χ1) is 11.6. The van der Waals surface area contributed by atoms with Gasteiger partial charge in [0.05, 0.1) is 5.60 Å². The average molecular weight is 349 g/mol. The van der Waals surface area contributed by atoms with Gasteiger partial charge in [0.1, 0.15) is 6.10 Å². The third kappa shape index (κ3) is 9.06. The summed E-state index contributed by atoms with van der Waals surface area (Å²) in [5.41, 5.74) is 1.66. The Bertz CT molecular complexity index is 523. The zero-order valence-corrected chi connectivity index (χ0v) is 16.8. The molecule has 0 saturated carbocycles. The van der Waals surface area contributed by atoms with Gasteiger partial charge in [0, 0.05) is 13.3 Å². The Kier molecular flexibility index (Phi) is 8.64. The van der Waals surface area contributed by atoms with Crippen LogP contribution in [0.5, 0.6) is 0 Å². The highest BCUT2D eigenvalue weighted by atomic mass is 16.5. The van der Waals surface area contributed by atoms with Crippen LogP contribution in [0.15, 0.2) is 35.5 Å². The third-order valence-electron chi connectivity index (χ3n) is 4.88. The maximum absolute atomic E-state index is 11.4. The van der Waals surface area contributed by atoms with Crippen molar-refractivity contribution < 1.29 is 14.6 Å². The third-order valence-corrected chi connectivity index (χ3v) is 4.88. The molecule has 3 atom stereocenters. The van der Waals surface area contributed by atoms with E-state index in [9.17, 15) is 9.90 Å². The highest BCUT2D eigenvalue weighted by Gasteiger charge is 2.19. The van der Waals surface area contributed by atoms with Crippen LogP contribution in [0.2, 0.25) is 0 Å². The molecule has 0 aromatic carbocycles. The first-order valence-electron chi connectivity index (χ1n) is 9.51. The highest BCUT2D eigenvalue weighted by Crippen LogP contribution is 2.25. The Morgan fingerprint density at radius 2 is 2.00 bits per heavy atom. The molecule has 1 rings (SSSR count). The molecule has 3 heteroatoms. The zero-order valence-electron chi connectivity index (χ0n) is 16.8. The van der Waals surface area contributed by atoms with E-state index in [1.165, 1.54) is 18.1 Å². The minimum absolute atomic E-state index is 0.203. The standard InChI is InChI=1S/C22H36O3/c1-16(2)20-10-9-18(4)15-21(25-19(5)23)14-17(3)8-7-12-22(6,24)13-11-20/h8,11,13,15-16,20-21,24H,7,9-10,12,14H2,1-6H3/b13-11-,17-8+,18-15+/t20-,21-,22-/m1/s1. The molecule has 25 heavy (non-hydrogen) atoms. The largest absolute Gasteiger partial charge is 0.458 e. The average Bonchev–Trinajstić information content (AvgIpc) is 2.44. The summed E-state index contributed by atoms with van der Waals surface area (Å²) in [6, 6.07) is 0. The minimum Gasteiger partial charge on any atom is -0.458 e. The number of esters is 1. The highest BCUT2D eigenvalue weighted by molar-refractivity contribution is 5.66. The van der Waals surface area contributed by atoms with Gasteiger partial charge in [0.2, 0.25) is 0 Å². The lowest BCUT2D eigenvalue weighted by molar-refractivity contribution is -0.144. The second-order valence-electron chi connectivity index (χ2n) is 8.12. The number of carbonyl (C=O) groups excluding carboxylic acids is 1. The van der Waals surface area contributed by atoms with E-state index in [0.717, 1.165) is 19.3 Å². The maximum atomic E-state index is 11.4. The van der Waals surface area contributed by atoms with E-state index in [-0.39, 0.29) is 12.1 Å². The van der Waals surface area contributed by atoms with Crippen molar-refractivity contribution in [3.05, 3.63) is 35.5 Å². The molecular formula is C22H36O3. The summed E-state index contributed by atoms with van der Waals surface area (Å²) in [6.45, 7) is 12.0. The number of hydrogen-bond donors (Lipinski definition) is 1. The van der Waals surface area contributed by atoms with E-state index in [0.29, 0.717) is 24.7 Å². The van der Waals surface area contributed by atoms with Crippen LogP contribution in [0, 0.1) is 11.8 Å². The van der Waals surface area contributed by atoms with Crippen LogP contribution < -0.4 is 0 Å². The van der Waals surface area contributed by atoms with Gasteiger partial charge in [0.25, 0.3) is 0 Å². The fourth-order valence-electron chi connectivity index (χ4n) is 3.22. The Morgan fingerprint density at radius 1 is 1.32 bits per heavy atom. The fraction of sp³-hybridized carbons (Fsp3) is 0.682. The zero-order chi connectivity index (χ0) is 19.0. The van der Waals surface area contributed by atoms with Crippen LogP contribution in [0.4, 0.5) is 0 Å². The molecule has 0 unspecified atom stereocenters. The van der Waals surface area contributed by atoms with E-state index < -0.39 is 5.60 Å². The molecule has 0 heterocycles. The Morgan fingerprint density at radius 3 is 2.60 bits per heavy atom. The minimum atomic E-state index is -0.784. The Balaban J connectivity index is 3.05. The van der Waals surface area contributed by atoms with Gasteiger partial charge in [0.15, 0.2) is 0 Å². The van der Waals surface area contributed by atoms with Crippen molar-refractivity contribution in [3.8, 4) is 0 Å². The molecule has 1 N–H and O–H groups in total. The number of hydrogen-bond acceptors (Lipinski definition) is 3. The van der Waals surface area contributed by atoms with Crippen molar-refractivity contribution in [1.29, 1.82) is 0 Å². The van der Waals surface area contributed by atoms with Crippen molar-refractivity contribution in [1.82, 2.24) is 0 Å². The summed E-state index contributed by atoms with van der Waals surface area (Å²) >= 11 is 0. The van der Waals surface area contributed by atoms with Crippen LogP contribution in [0.25, 0.3) is 0 Å². The van der Waals surface area contributed by atoms with Crippen molar-refractivity contribution in [3.63, 3.8) is 0 Å². The Hall–Kier alpha value is -1.35. The van der Waals surface area contributed by atoms with Crippen LogP contribution in [0.3, 0.4) is 0 Å². The van der Waals surface area contributed by atoms with Crippen molar-refractivity contribution in [2.24, 2.45) is 11.8 Å². The number of aliphatic hydroxyl groups is 1. The predicted molar refractivity (Wildman–Crippen MR) is 104 cm³/mol. The molecule has 1 aliphatic carbocycles. The van der Waals surface area contributed by atoms with Gasteiger partial charge >= 0.3 is 5.97 Å². The summed E-state index contributed by atoms with van der Waals surface area (Å²) in [7, 11) is 0. The molecule has 3 nitrogen and oxygen atoms in total. The normalized spacial score (nSPS) is 35.0. The Labute approximate surface area is 153 Å². The van der Waals surface area contributed by atoms with Gasteiger partial charge in [-0.15, -0.1) is 0 Å². The van der Waals surface area contributed by atoms with E-state index >= 15 is 0 Å². The predicted octanol–water partition coefficient (Wildman–Crippen LogP) is 5.35. The van der Waals surface area contributed by atoms with Gasteiger partial charge < -0.3 is 9.84 Å². The molecule has 0 fully saturated rings. The van der Waals surface area contributed by atoms with E-state index in [1.54, 1.807) is 0 Å². The lowest BCUT2D eigenvalue weighted by atomic mass is 9.86. The van der Waals surface area contributed by atoms with Crippen LogP contribution in [0.1, 0.15) is 73.6 Å². The van der Waals surface area contributed by atoms with Gasteiger partial charge in [-0.1, -0.05) is 43.2 Å². The molecule has 0 aromatic heterocycles. The van der Waals surface area contributed by atoms with E-state index in [2.05, 4.69) is 45.9 Å².